The van der Waals surface area contributed by atoms with Crippen LogP contribution in [0.3, 0.4) is 0 Å². The van der Waals surface area contributed by atoms with Crippen LogP contribution in [0, 0.1) is 0 Å². The fourth-order valence-electron chi connectivity index (χ4n) is 2.10. The Morgan fingerprint density at radius 1 is 1.06 bits per heavy atom. The molecule has 0 saturated carbocycles. The molecule has 0 heterocycles. The zero-order valence-electron chi connectivity index (χ0n) is 12.2. The summed E-state index contributed by atoms with van der Waals surface area (Å²) in [5.41, 5.74) is 8.32. The number of rotatable bonds is 8. The fraction of sp³-hybridized carbons (Fsp3) is 0.625. The van der Waals surface area contributed by atoms with E-state index >= 15 is 0 Å². The number of nitrogens with zero attached hydrogens (tertiary/aromatic N) is 1. The van der Waals surface area contributed by atoms with E-state index in [1.807, 2.05) is 0 Å². The summed E-state index contributed by atoms with van der Waals surface area (Å²) in [7, 11) is 2.19. The minimum absolute atomic E-state index is 0.619. The number of hydrogen-bond donors (Lipinski definition) is 1. The van der Waals surface area contributed by atoms with E-state index in [0.29, 0.717) is 5.92 Å². The van der Waals surface area contributed by atoms with Gasteiger partial charge in [0.1, 0.15) is 0 Å². The topological polar surface area (TPSA) is 29.3 Å². The van der Waals surface area contributed by atoms with E-state index in [1.165, 1.54) is 24.0 Å². The molecule has 102 valence electrons. The van der Waals surface area contributed by atoms with Crippen LogP contribution in [0.4, 0.5) is 0 Å². The maximum Gasteiger partial charge on any atom is 0.0230 e. The van der Waals surface area contributed by atoms with Crippen LogP contribution < -0.4 is 5.73 Å². The monoisotopic (exact) mass is 248 g/mol. The Kier molecular flexibility index (Phi) is 6.99. The third kappa shape index (κ3) is 5.65. The maximum atomic E-state index is 5.49. The average Bonchev–Trinajstić information content (AvgIpc) is 2.35. The molecule has 0 aliphatic rings. The van der Waals surface area contributed by atoms with Crippen molar-refractivity contribution in [2.75, 3.05) is 20.1 Å². The highest BCUT2D eigenvalue weighted by molar-refractivity contribution is 5.24. The van der Waals surface area contributed by atoms with Gasteiger partial charge in [-0.2, -0.15) is 0 Å². The van der Waals surface area contributed by atoms with Gasteiger partial charge in [0.25, 0.3) is 0 Å². The minimum atomic E-state index is 0.619. The molecule has 0 aliphatic carbocycles. The number of hydrogen-bond acceptors (Lipinski definition) is 2. The lowest BCUT2D eigenvalue weighted by molar-refractivity contribution is 0.317. The molecule has 2 N–H and O–H groups in total. The Morgan fingerprint density at radius 3 is 2.28 bits per heavy atom. The van der Waals surface area contributed by atoms with E-state index in [1.54, 1.807) is 0 Å². The molecule has 1 rings (SSSR count). The van der Waals surface area contributed by atoms with Crippen LogP contribution in [-0.2, 0) is 6.54 Å². The highest BCUT2D eigenvalue weighted by Crippen LogP contribution is 2.15. The van der Waals surface area contributed by atoms with Crippen molar-refractivity contribution in [3.05, 3.63) is 35.4 Å². The molecule has 0 amide bonds. The van der Waals surface area contributed by atoms with Crippen LogP contribution in [0.25, 0.3) is 0 Å². The molecular formula is C16H28N2. The zero-order chi connectivity index (χ0) is 13.4. The lowest BCUT2D eigenvalue weighted by atomic mass is 10.0. The van der Waals surface area contributed by atoms with Crippen molar-refractivity contribution in [2.24, 2.45) is 5.73 Å². The van der Waals surface area contributed by atoms with Gasteiger partial charge in [-0.3, -0.25) is 0 Å². The second-order valence-electron chi connectivity index (χ2n) is 5.48. The van der Waals surface area contributed by atoms with Crippen molar-refractivity contribution < 1.29 is 0 Å². The molecule has 0 atom stereocenters. The molecule has 0 spiro atoms. The molecule has 0 bridgehead atoms. The van der Waals surface area contributed by atoms with E-state index in [9.17, 15) is 0 Å². The lowest BCUT2D eigenvalue weighted by Crippen LogP contribution is -2.19. The second-order valence-corrected chi connectivity index (χ2v) is 5.48. The van der Waals surface area contributed by atoms with Crippen LogP contribution in [0.15, 0.2) is 24.3 Å². The predicted molar refractivity (Wildman–Crippen MR) is 79.8 cm³/mol. The Labute approximate surface area is 112 Å². The maximum absolute atomic E-state index is 5.49. The van der Waals surface area contributed by atoms with Crippen molar-refractivity contribution in [3.63, 3.8) is 0 Å². The Hall–Kier alpha value is -0.860. The summed E-state index contributed by atoms with van der Waals surface area (Å²) in [6, 6.07) is 9.02. The van der Waals surface area contributed by atoms with Crippen molar-refractivity contribution >= 4 is 0 Å². The number of benzene rings is 1. The predicted octanol–water partition coefficient (Wildman–Crippen LogP) is 3.37. The van der Waals surface area contributed by atoms with Crippen LogP contribution in [0.2, 0.25) is 0 Å². The van der Waals surface area contributed by atoms with Gasteiger partial charge in [-0.15, -0.1) is 0 Å². The minimum Gasteiger partial charge on any atom is -0.330 e. The Morgan fingerprint density at radius 2 is 1.72 bits per heavy atom. The van der Waals surface area contributed by atoms with Crippen molar-refractivity contribution in [2.45, 2.75) is 45.6 Å². The van der Waals surface area contributed by atoms with Gasteiger partial charge in [0.2, 0.25) is 0 Å². The molecule has 2 nitrogen and oxygen atoms in total. The third-order valence-corrected chi connectivity index (χ3v) is 3.34. The molecular weight excluding hydrogens is 220 g/mol. The van der Waals surface area contributed by atoms with Gasteiger partial charge in [0.05, 0.1) is 0 Å². The van der Waals surface area contributed by atoms with Crippen LogP contribution in [0.5, 0.6) is 0 Å². The van der Waals surface area contributed by atoms with Crippen LogP contribution in [-0.4, -0.2) is 25.0 Å². The van der Waals surface area contributed by atoms with E-state index in [0.717, 1.165) is 26.1 Å². The van der Waals surface area contributed by atoms with E-state index < -0.39 is 0 Å². The van der Waals surface area contributed by atoms with Gasteiger partial charge < -0.3 is 10.6 Å². The Balaban J connectivity index is 2.32. The molecule has 18 heavy (non-hydrogen) atoms. The SMILES string of the molecule is CC(C)c1ccc(CN(C)CCCCCN)cc1. The molecule has 0 saturated heterocycles. The molecule has 2 heteroatoms. The highest BCUT2D eigenvalue weighted by atomic mass is 15.1. The molecule has 1 aromatic rings. The summed E-state index contributed by atoms with van der Waals surface area (Å²) in [5.74, 6) is 0.619. The van der Waals surface area contributed by atoms with E-state index in [2.05, 4.69) is 50.1 Å². The number of nitrogens with two attached hydrogens (primary N) is 1. The Bertz CT molecular complexity index is 316. The first-order chi connectivity index (χ1) is 8.63. The first kappa shape index (κ1) is 15.2. The van der Waals surface area contributed by atoms with Gasteiger partial charge >= 0.3 is 0 Å². The fourth-order valence-corrected chi connectivity index (χ4v) is 2.10. The highest BCUT2D eigenvalue weighted by Gasteiger charge is 2.02. The second kappa shape index (κ2) is 8.28. The molecule has 1 aromatic carbocycles. The summed E-state index contributed by atoms with van der Waals surface area (Å²) < 4.78 is 0. The summed E-state index contributed by atoms with van der Waals surface area (Å²) in [5, 5.41) is 0. The molecule has 0 unspecified atom stereocenters. The molecule has 0 aliphatic heterocycles. The van der Waals surface area contributed by atoms with E-state index in [4.69, 9.17) is 5.73 Å². The average molecular weight is 248 g/mol. The normalized spacial score (nSPS) is 11.4. The quantitative estimate of drug-likeness (QED) is 0.715. The van der Waals surface area contributed by atoms with Crippen molar-refractivity contribution in [3.8, 4) is 0 Å². The first-order valence-corrected chi connectivity index (χ1v) is 7.11. The molecule has 0 radical (unpaired) electrons. The van der Waals surface area contributed by atoms with Crippen LogP contribution >= 0.6 is 0 Å². The molecule has 0 fully saturated rings. The summed E-state index contributed by atoms with van der Waals surface area (Å²) in [6.45, 7) is 7.49. The number of unbranched alkanes of at least 4 members (excludes halogenated alkanes) is 2. The van der Waals surface area contributed by atoms with Crippen LogP contribution in [0.1, 0.15) is 50.2 Å². The van der Waals surface area contributed by atoms with Crippen molar-refractivity contribution in [1.82, 2.24) is 4.90 Å². The largest absolute Gasteiger partial charge is 0.330 e. The smallest absolute Gasteiger partial charge is 0.0230 e. The summed E-state index contributed by atoms with van der Waals surface area (Å²) >= 11 is 0. The molecule has 0 aromatic heterocycles. The standard InChI is InChI=1S/C16H28N2/c1-14(2)16-9-7-15(8-10-16)13-18(3)12-6-4-5-11-17/h7-10,14H,4-6,11-13,17H2,1-3H3. The first-order valence-electron chi connectivity index (χ1n) is 7.11. The third-order valence-electron chi connectivity index (χ3n) is 3.34. The zero-order valence-corrected chi connectivity index (χ0v) is 12.2. The van der Waals surface area contributed by atoms with Gasteiger partial charge in [-0.1, -0.05) is 44.5 Å². The summed E-state index contributed by atoms with van der Waals surface area (Å²) in [4.78, 5) is 2.39. The summed E-state index contributed by atoms with van der Waals surface area (Å²) in [6.07, 6.45) is 3.64. The van der Waals surface area contributed by atoms with Gasteiger partial charge in [-0.05, 0) is 50.0 Å². The lowest BCUT2D eigenvalue weighted by Gasteiger charge is -2.17. The van der Waals surface area contributed by atoms with Gasteiger partial charge in [0, 0.05) is 6.54 Å². The van der Waals surface area contributed by atoms with Gasteiger partial charge in [-0.25, -0.2) is 0 Å². The van der Waals surface area contributed by atoms with Crippen molar-refractivity contribution in [1.29, 1.82) is 0 Å². The van der Waals surface area contributed by atoms with E-state index in [-0.39, 0.29) is 0 Å². The van der Waals surface area contributed by atoms with Gasteiger partial charge in [0.15, 0.2) is 0 Å².